The monoisotopic (exact) mass is 236 g/mol. The standard InChI is InChI=1S/C12H25P.ClH/c1-9(2)8-13-12(6)7-10(3)11(12,4)5;/h9-10,13H,7-8H2,1-6H3;1H. The van der Waals surface area contributed by atoms with Gasteiger partial charge in [-0.15, -0.1) is 21.0 Å². The lowest BCUT2D eigenvalue weighted by Crippen LogP contribution is -2.54. The van der Waals surface area contributed by atoms with Gasteiger partial charge in [-0.3, -0.25) is 0 Å². The van der Waals surface area contributed by atoms with E-state index in [1.54, 1.807) is 0 Å². The largest absolute Gasteiger partial charge is 0.147 e. The van der Waals surface area contributed by atoms with E-state index in [-0.39, 0.29) is 12.4 Å². The molecular weight excluding hydrogens is 211 g/mol. The minimum Gasteiger partial charge on any atom is -0.147 e. The Labute approximate surface area is 97.8 Å². The lowest BCUT2D eigenvalue weighted by atomic mass is 9.55. The molecular formula is C12H26ClP. The van der Waals surface area contributed by atoms with Crippen molar-refractivity contribution in [2.75, 3.05) is 6.16 Å². The quantitative estimate of drug-likeness (QED) is 0.630. The molecule has 1 aliphatic carbocycles. The molecule has 0 aliphatic heterocycles. The molecule has 14 heavy (non-hydrogen) atoms. The van der Waals surface area contributed by atoms with Gasteiger partial charge in [-0.05, 0) is 35.0 Å². The molecule has 1 aliphatic rings. The average Bonchev–Trinajstić information content (AvgIpc) is 2.01. The molecule has 0 radical (unpaired) electrons. The molecule has 86 valence electrons. The molecule has 0 saturated heterocycles. The summed E-state index contributed by atoms with van der Waals surface area (Å²) in [6, 6.07) is 0. The van der Waals surface area contributed by atoms with Crippen LogP contribution in [0.3, 0.4) is 0 Å². The minimum absolute atomic E-state index is 0. The van der Waals surface area contributed by atoms with E-state index in [0.29, 0.717) is 10.6 Å². The van der Waals surface area contributed by atoms with E-state index >= 15 is 0 Å². The number of halogens is 1. The molecule has 0 N–H and O–H groups in total. The van der Waals surface area contributed by atoms with E-state index in [4.69, 9.17) is 0 Å². The van der Waals surface area contributed by atoms with Gasteiger partial charge in [0.05, 0.1) is 0 Å². The predicted molar refractivity (Wildman–Crippen MR) is 71.2 cm³/mol. The van der Waals surface area contributed by atoms with Crippen molar-refractivity contribution in [3.05, 3.63) is 0 Å². The maximum Gasteiger partial charge on any atom is -0.00937 e. The Morgan fingerprint density at radius 2 is 1.79 bits per heavy atom. The number of hydrogen-bond donors (Lipinski definition) is 0. The molecule has 0 nitrogen and oxygen atoms in total. The first kappa shape index (κ1) is 14.7. The third-order valence-corrected chi connectivity index (χ3v) is 6.92. The van der Waals surface area contributed by atoms with Crippen LogP contribution in [0.15, 0.2) is 0 Å². The van der Waals surface area contributed by atoms with Crippen LogP contribution in [-0.4, -0.2) is 11.3 Å². The lowest BCUT2D eigenvalue weighted by Gasteiger charge is -2.60. The van der Waals surface area contributed by atoms with Crippen LogP contribution < -0.4 is 0 Å². The Kier molecular flexibility index (Phi) is 4.95. The molecule has 0 amide bonds. The molecule has 1 saturated carbocycles. The van der Waals surface area contributed by atoms with Crippen LogP contribution in [0.4, 0.5) is 0 Å². The zero-order chi connectivity index (χ0) is 10.3. The van der Waals surface area contributed by atoms with Gasteiger partial charge in [0.15, 0.2) is 0 Å². The first-order valence-electron chi connectivity index (χ1n) is 5.54. The second kappa shape index (κ2) is 4.71. The topological polar surface area (TPSA) is 0 Å². The Hall–Kier alpha value is 0.720. The Balaban J connectivity index is 0.00000169. The van der Waals surface area contributed by atoms with Gasteiger partial charge < -0.3 is 0 Å². The van der Waals surface area contributed by atoms with Crippen molar-refractivity contribution in [3.8, 4) is 0 Å². The van der Waals surface area contributed by atoms with E-state index in [2.05, 4.69) is 41.5 Å². The molecule has 3 unspecified atom stereocenters. The fraction of sp³-hybridized carbons (Fsp3) is 1.00. The zero-order valence-corrected chi connectivity index (χ0v) is 12.3. The van der Waals surface area contributed by atoms with Gasteiger partial charge in [0.1, 0.15) is 0 Å². The molecule has 0 heterocycles. The Morgan fingerprint density at radius 1 is 1.29 bits per heavy atom. The van der Waals surface area contributed by atoms with Crippen molar-refractivity contribution < 1.29 is 0 Å². The fourth-order valence-electron chi connectivity index (χ4n) is 2.27. The van der Waals surface area contributed by atoms with E-state index in [1.165, 1.54) is 12.6 Å². The summed E-state index contributed by atoms with van der Waals surface area (Å²) < 4.78 is 0. The normalized spacial score (nSPS) is 35.8. The second-order valence-corrected chi connectivity index (χ2v) is 7.80. The second-order valence-electron chi connectivity index (χ2n) is 5.93. The third kappa shape index (κ3) is 2.45. The summed E-state index contributed by atoms with van der Waals surface area (Å²) in [4.78, 5) is 0. The molecule has 1 fully saturated rings. The zero-order valence-electron chi connectivity index (χ0n) is 10.5. The minimum atomic E-state index is 0. The van der Waals surface area contributed by atoms with Crippen LogP contribution in [0, 0.1) is 17.3 Å². The van der Waals surface area contributed by atoms with Crippen molar-refractivity contribution in [2.45, 2.75) is 53.1 Å². The Bertz CT molecular complexity index is 189. The number of hydrogen-bond acceptors (Lipinski definition) is 0. The number of rotatable bonds is 3. The average molecular weight is 237 g/mol. The lowest BCUT2D eigenvalue weighted by molar-refractivity contribution is 0.0331. The van der Waals surface area contributed by atoms with Gasteiger partial charge >= 0.3 is 0 Å². The van der Waals surface area contributed by atoms with Crippen LogP contribution >= 0.6 is 21.0 Å². The summed E-state index contributed by atoms with van der Waals surface area (Å²) in [7, 11) is 1.16. The van der Waals surface area contributed by atoms with Gasteiger partial charge in [-0.2, -0.15) is 0 Å². The summed E-state index contributed by atoms with van der Waals surface area (Å²) in [5.74, 6) is 1.80. The fourth-order valence-corrected chi connectivity index (χ4v) is 4.28. The van der Waals surface area contributed by atoms with Crippen LogP contribution in [-0.2, 0) is 0 Å². The maximum atomic E-state index is 2.49. The third-order valence-electron chi connectivity index (χ3n) is 4.27. The SMILES string of the molecule is CC(C)CPC1(C)CC(C)C1(C)C.Cl. The molecule has 1 rings (SSSR count). The van der Waals surface area contributed by atoms with Gasteiger partial charge in [0.2, 0.25) is 0 Å². The van der Waals surface area contributed by atoms with Crippen molar-refractivity contribution in [2.24, 2.45) is 17.3 Å². The highest BCUT2D eigenvalue weighted by atomic mass is 35.5. The summed E-state index contributed by atoms with van der Waals surface area (Å²) in [6.07, 6.45) is 2.87. The molecule has 0 aromatic carbocycles. The van der Waals surface area contributed by atoms with Crippen molar-refractivity contribution >= 4 is 21.0 Å². The highest BCUT2D eigenvalue weighted by Crippen LogP contribution is 2.63. The van der Waals surface area contributed by atoms with Crippen LogP contribution in [0.2, 0.25) is 0 Å². The van der Waals surface area contributed by atoms with Crippen molar-refractivity contribution in [1.82, 2.24) is 0 Å². The summed E-state index contributed by atoms with van der Waals surface area (Å²) >= 11 is 0. The first-order valence-corrected chi connectivity index (χ1v) is 6.75. The smallest absolute Gasteiger partial charge is 0.00937 e. The predicted octanol–water partition coefficient (Wildman–Crippen LogP) is 4.57. The molecule has 0 bridgehead atoms. The van der Waals surface area contributed by atoms with Crippen LogP contribution in [0.25, 0.3) is 0 Å². The molecule has 2 heteroatoms. The van der Waals surface area contributed by atoms with Gasteiger partial charge in [-0.25, -0.2) is 0 Å². The van der Waals surface area contributed by atoms with E-state index < -0.39 is 0 Å². The van der Waals surface area contributed by atoms with Crippen LogP contribution in [0.5, 0.6) is 0 Å². The van der Waals surface area contributed by atoms with Gasteiger partial charge in [0.25, 0.3) is 0 Å². The van der Waals surface area contributed by atoms with Crippen molar-refractivity contribution in [3.63, 3.8) is 0 Å². The maximum absolute atomic E-state index is 2.49. The van der Waals surface area contributed by atoms with Gasteiger partial charge in [0, 0.05) is 0 Å². The molecule has 0 aromatic rings. The van der Waals surface area contributed by atoms with E-state index in [0.717, 1.165) is 20.4 Å². The van der Waals surface area contributed by atoms with Crippen molar-refractivity contribution in [1.29, 1.82) is 0 Å². The summed E-state index contributed by atoms with van der Waals surface area (Å²) in [5.41, 5.74) is 0.584. The van der Waals surface area contributed by atoms with E-state index in [1.807, 2.05) is 0 Å². The van der Waals surface area contributed by atoms with Gasteiger partial charge in [-0.1, -0.05) is 41.5 Å². The first-order chi connectivity index (χ1) is 5.79. The van der Waals surface area contributed by atoms with Crippen LogP contribution in [0.1, 0.15) is 48.0 Å². The Morgan fingerprint density at radius 3 is 2.07 bits per heavy atom. The highest BCUT2D eigenvalue weighted by Gasteiger charge is 2.53. The summed E-state index contributed by atoms with van der Waals surface area (Å²) in [5, 5.41) is 0.649. The molecule has 3 atom stereocenters. The molecule has 0 spiro atoms. The van der Waals surface area contributed by atoms with E-state index in [9.17, 15) is 0 Å². The molecule has 0 aromatic heterocycles. The summed E-state index contributed by atoms with van der Waals surface area (Å²) in [6.45, 7) is 14.5. The highest BCUT2D eigenvalue weighted by molar-refractivity contribution is 7.40.